The molecule has 1 heterocycles. The number of rotatable bonds is 0. The van der Waals surface area contributed by atoms with Crippen molar-refractivity contribution in [1.82, 2.24) is 0 Å². The van der Waals surface area contributed by atoms with Gasteiger partial charge in [-0.05, 0) is 26.3 Å². The first kappa shape index (κ1) is 15.9. The lowest BCUT2D eigenvalue weighted by Gasteiger charge is -2.29. The molecule has 1 aromatic rings. The maximum Gasteiger partial charge on any atom is 0.347 e. The highest BCUT2D eigenvalue weighted by Crippen LogP contribution is 2.45. The lowest BCUT2D eigenvalue weighted by molar-refractivity contribution is -0.118. The number of hydrogen-bond donors (Lipinski definition) is 1. The summed E-state index contributed by atoms with van der Waals surface area (Å²) in [5, 5.41) is 10.2. The van der Waals surface area contributed by atoms with Gasteiger partial charge in [0.05, 0.1) is 5.02 Å². The lowest BCUT2D eigenvalue weighted by atomic mass is 9.86. The van der Waals surface area contributed by atoms with Gasteiger partial charge < -0.3 is 14.6 Å². The Labute approximate surface area is 138 Å². The fourth-order valence-electron chi connectivity index (χ4n) is 3.05. The van der Waals surface area contributed by atoms with Crippen LogP contribution in [0.3, 0.4) is 0 Å². The molecule has 0 fully saturated rings. The molecule has 23 heavy (non-hydrogen) atoms. The molecule has 1 aliphatic heterocycles. The maximum absolute atomic E-state index is 12.6. The average Bonchev–Trinajstić information content (AvgIpc) is 2.66. The smallest absolute Gasteiger partial charge is 0.347 e. The predicted octanol–water partition coefficient (Wildman–Crippen LogP) is 3.46. The number of phenols is 1. The Bertz CT molecular complexity index is 778. The number of benzene rings is 1. The van der Waals surface area contributed by atoms with E-state index in [-0.39, 0.29) is 39.5 Å². The molecule has 3 rings (SSSR count). The first-order valence-corrected chi connectivity index (χ1v) is 7.76. The maximum atomic E-state index is 12.6. The number of phenolic OH excluding ortho intramolecular Hbond substituents is 1. The number of Topliss-reactive ketones (excluding diaryl/α,β-unsaturated/α-hetero) is 1. The van der Waals surface area contributed by atoms with Crippen molar-refractivity contribution in [3.63, 3.8) is 0 Å². The van der Waals surface area contributed by atoms with Gasteiger partial charge in [-0.1, -0.05) is 18.5 Å². The molecule has 0 spiro atoms. The molecule has 1 aromatic carbocycles. The highest BCUT2D eigenvalue weighted by atomic mass is 35.5. The van der Waals surface area contributed by atoms with Gasteiger partial charge in [0.2, 0.25) is 0 Å². The number of carbonyl (C=O) groups excluding carboxylic acids is 2. The van der Waals surface area contributed by atoms with Crippen LogP contribution >= 0.6 is 11.6 Å². The number of fused-ring (bicyclic) bond motifs is 2. The summed E-state index contributed by atoms with van der Waals surface area (Å²) in [6, 6.07) is 0. The van der Waals surface area contributed by atoms with E-state index < -0.39 is 12.1 Å². The van der Waals surface area contributed by atoms with Crippen LogP contribution in [-0.2, 0) is 9.53 Å². The molecule has 1 N–H and O–H groups in total. The van der Waals surface area contributed by atoms with Gasteiger partial charge in [0.15, 0.2) is 17.6 Å². The van der Waals surface area contributed by atoms with Crippen LogP contribution in [0, 0.1) is 19.8 Å². The number of carbonyl (C=O) groups is 2. The van der Waals surface area contributed by atoms with Crippen LogP contribution in [0.15, 0.2) is 11.3 Å². The van der Waals surface area contributed by atoms with E-state index in [1.54, 1.807) is 20.8 Å². The average molecular weight is 337 g/mol. The molecule has 0 amide bonds. The van der Waals surface area contributed by atoms with Crippen molar-refractivity contribution in [1.29, 1.82) is 0 Å². The van der Waals surface area contributed by atoms with Gasteiger partial charge in [0, 0.05) is 23.5 Å². The number of halogens is 1. The van der Waals surface area contributed by atoms with Crippen molar-refractivity contribution in [3.05, 3.63) is 33.0 Å². The molecule has 6 heteroatoms. The van der Waals surface area contributed by atoms with Gasteiger partial charge in [-0.3, -0.25) is 4.79 Å². The van der Waals surface area contributed by atoms with E-state index >= 15 is 0 Å². The van der Waals surface area contributed by atoms with Gasteiger partial charge in [0.25, 0.3) is 0 Å². The normalized spacial score (nSPS) is 23.7. The molecule has 2 atom stereocenters. The topological polar surface area (TPSA) is 72.8 Å². The van der Waals surface area contributed by atoms with Crippen LogP contribution in [0.4, 0.5) is 0 Å². The van der Waals surface area contributed by atoms with Crippen LogP contribution in [0.25, 0.3) is 0 Å². The summed E-state index contributed by atoms with van der Waals surface area (Å²) in [4.78, 5) is 24.6. The van der Waals surface area contributed by atoms with E-state index in [0.717, 1.165) is 0 Å². The van der Waals surface area contributed by atoms with E-state index in [1.807, 2.05) is 6.92 Å². The zero-order valence-corrected chi connectivity index (χ0v) is 14.1. The first-order chi connectivity index (χ1) is 10.7. The van der Waals surface area contributed by atoms with E-state index in [9.17, 15) is 14.7 Å². The highest BCUT2D eigenvalue weighted by molar-refractivity contribution is 6.33. The monoisotopic (exact) mass is 336 g/mol. The number of hydrogen-bond acceptors (Lipinski definition) is 5. The Kier molecular flexibility index (Phi) is 3.64. The number of esters is 1. The summed E-state index contributed by atoms with van der Waals surface area (Å²) >= 11 is 6.09. The number of ketones is 1. The van der Waals surface area contributed by atoms with Gasteiger partial charge in [-0.2, -0.15) is 0 Å². The molecule has 0 radical (unpaired) electrons. The van der Waals surface area contributed by atoms with E-state index in [4.69, 9.17) is 21.1 Å². The number of aromatic hydroxyl groups is 1. The quantitative estimate of drug-likeness (QED) is 0.734. The third-order valence-corrected chi connectivity index (χ3v) is 5.02. The van der Waals surface area contributed by atoms with Crippen molar-refractivity contribution in [2.45, 2.75) is 40.2 Å². The van der Waals surface area contributed by atoms with E-state index in [0.29, 0.717) is 23.1 Å². The van der Waals surface area contributed by atoms with Crippen molar-refractivity contribution in [2.24, 2.45) is 5.92 Å². The summed E-state index contributed by atoms with van der Waals surface area (Å²) in [5.74, 6) is -0.411. The van der Waals surface area contributed by atoms with Gasteiger partial charge in [0.1, 0.15) is 17.1 Å². The summed E-state index contributed by atoms with van der Waals surface area (Å²) in [5.41, 5.74) is 1.38. The lowest BCUT2D eigenvalue weighted by Crippen LogP contribution is -2.35. The summed E-state index contributed by atoms with van der Waals surface area (Å²) < 4.78 is 11.5. The van der Waals surface area contributed by atoms with E-state index in [2.05, 4.69) is 0 Å². The van der Waals surface area contributed by atoms with Crippen LogP contribution < -0.4 is 4.74 Å². The van der Waals surface area contributed by atoms with Crippen LogP contribution in [-0.4, -0.2) is 23.0 Å². The molecule has 0 saturated heterocycles. The third kappa shape index (κ3) is 2.22. The molecule has 0 aromatic heterocycles. The minimum Gasteiger partial charge on any atom is -0.506 e. The minimum atomic E-state index is -0.624. The van der Waals surface area contributed by atoms with Crippen LogP contribution in [0.2, 0.25) is 5.02 Å². The van der Waals surface area contributed by atoms with Crippen molar-refractivity contribution in [3.8, 4) is 11.5 Å². The predicted molar refractivity (Wildman–Crippen MR) is 83.9 cm³/mol. The Morgan fingerprint density at radius 2 is 1.83 bits per heavy atom. The standard InChI is InChI=1S/C17H17ClO5/c1-6-5-10(19)7(2)16-14(6)22-15-9(4)13(20)12(18)8(3)11(15)17(21)23-16/h6,14,20H,5H2,1-4H3/t6-,14-/m1/s1. The van der Waals surface area contributed by atoms with Crippen LogP contribution in [0.5, 0.6) is 11.5 Å². The van der Waals surface area contributed by atoms with Gasteiger partial charge in [-0.15, -0.1) is 0 Å². The van der Waals surface area contributed by atoms with E-state index in [1.165, 1.54) is 0 Å². The zero-order valence-electron chi connectivity index (χ0n) is 13.3. The molecule has 0 unspecified atom stereocenters. The van der Waals surface area contributed by atoms with Crippen LogP contribution in [0.1, 0.15) is 41.8 Å². The summed E-state index contributed by atoms with van der Waals surface area (Å²) in [7, 11) is 0. The Morgan fingerprint density at radius 1 is 1.17 bits per heavy atom. The Hall–Kier alpha value is -2.01. The molecule has 1 aliphatic carbocycles. The van der Waals surface area contributed by atoms with Crippen molar-refractivity contribution in [2.75, 3.05) is 0 Å². The number of allylic oxidation sites excluding steroid dienone is 1. The summed E-state index contributed by atoms with van der Waals surface area (Å²) in [6.45, 7) is 6.75. The minimum absolute atomic E-state index is 0.0552. The van der Waals surface area contributed by atoms with Crippen molar-refractivity contribution >= 4 is 23.4 Å². The molecule has 2 aliphatic rings. The van der Waals surface area contributed by atoms with Gasteiger partial charge in [-0.25, -0.2) is 4.79 Å². The second-order valence-electron chi connectivity index (χ2n) is 6.14. The first-order valence-electron chi connectivity index (χ1n) is 7.38. The second-order valence-corrected chi connectivity index (χ2v) is 6.52. The second kappa shape index (κ2) is 5.27. The molecular weight excluding hydrogens is 320 g/mol. The molecule has 0 bridgehead atoms. The van der Waals surface area contributed by atoms with Crippen molar-refractivity contribution < 1.29 is 24.2 Å². The molecule has 122 valence electrons. The summed E-state index contributed by atoms with van der Waals surface area (Å²) in [6.07, 6.45) is -0.221. The molecule has 5 nitrogen and oxygen atoms in total. The Balaban J connectivity index is 2.26. The SMILES string of the molecule is CC1=C2OC(=O)c3c(C)c(Cl)c(O)c(C)c3O[C@@H]2[C@H](C)CC1=O. The highest BCUT2D eigenvalue weighted by Gasteiger charge is 2.41. The number of ether oxygens (including phenoxy) is 2. The Morgan fingerprint density at radius 3 is 2.48 bits per heavy atom. The fraction of sp³-hybridized carbons (Fsp3) is 0.412. The third-order valence-electron chi connectivity index (χ3n) is 4.56. The zero-order chi connectivity index (χ0) is 17.0. The van der Waals surface area contributed by atoms with Gasteiger partial charge >= 0.3 is 5.97 Å². The molecular formula is C17H17ClO5. The molecule has 0 saturated carbocycles. The largest absolute Gasteiger partial charge is 0.506 e. The fourth-order valence-corrected chi connectivity index (χ4v) is 3.29.